The summed E-state index contributed by atoms with van der Waals surface area (Å²) in [4.78, 5) is 15.7. The van der Waals surface area contributed by atoms with Crippen LogP contribution >= 0.6 is 0 Å². The quantitative estimate of drug-likeness (QED) is 0.772. The fourth-order valence-corrected chi connectivity index (χ4v) is 1.65. The number of aliphatic imine (C=N–C) groups is 1. The number of nitrogens with zero attached hydrogens (tertiary/aromatic N) is 1. The molecule has 0 unspecified atom stereocenters. The zero-order valence-corrected chi connectivity index (χ0v) is 9.43. The first-order valence-electron chi connectivity index (χ1n) is 5.23. The van der Waals surface area contributed by atoms with E-state index in [4.69, 9.17) is 11.2 Å². The molecular weight excluding hydrogens is 216 g/mol. The number of aryl methyl sites for hydroxylation is 1. The second kappa shape index (κ2) is 4.71. The van der Waals surface area contributed by atoms with Gasteiger partial charge in [-0.05, 0) is 12.5 Å². The van der Waals surface area contributed by atoms with E-state index < -0.39 is 6.10 Å². The van der Waals surface area contributed by atoms with Crippen LogP contribution in [-0.2, 0) is 9.53 Å². The predicted octanol–water partition coefficient (Wildman–Crippen LogP) is 1.17. The molecule has 1 N–H and O–H groups in total. The minimum Gasteiger partial charge on any atom is -0.447 e. The second-order valence-electron chi connectivity index (χ2n) is 3.67. The molecular formula is C13H12N2O2. The van der Waals surface area contributed by atoms with Crippen LogP contribution in [0.15, 0.2) is 29.3 Å². The van der Waals surface area contributed by atoms with Crippen molar-refractivity contribution in [1.82, 2.24) is 5.32 Å². The van der Waals surface area contributed by atoms with Gasteiger partial charge in [-0.15, -0.1) is 6.42 Å². The van der Waals surface area contributed by atoms with E-state index in [-0.39, 0.29) is 18.5 Å². The van der Waals surface area contributed by atoms with Gasteiger partial charge in [0.2, 0.25) is 6.10 Å². The number of benzene rings is 1. The third-order valence-electron chi connectivity index (χ3n) is 2.48. The molecule has 4 nitrogen and oxygen atoms in total. The fourth-order valence-electron chi connectivity index (χ4n) is 1.65. The van der Waals surface area contributed by atoms with Crippen molar-refractivity contribution in [3.8, 4) is 12.3 Å². The molecule has 1 aromatic rings. The number of hydrogen-bond donors (Lipinski definition) is 1. The highest BCUT2D eigenvalue weighted by Crippen LogP contribution is 2.24. The number of amidine groups is 1. The molecule has 1 fully saturated rings. The summed E-state index contributed by atoms with van der Waals surface area (Å²) in [6.45, 7) is 2.12. The molecule has 1 amide bonds. The predicted molar refractivity (Wildman–Crippen MR) is 64.3 cm³/mol. The highest BCUT2D eigenvalue weighted by Gasteiger charge is 2.32. The number of terminal acetylenes is 1. The van der Waals surface area contributed by atoms with Crippen LogP contribution in [0.3, 0.4) is 0 Å². The van der Waals surface area contributed by atoms with Crippen molar-refractivity contribution in [3.05, 3.63) is 35.4 Å². The van der Waals surface area contributed by atoms with Gasteiger partial charge in [-0.25, -0.2) is 4.99 Å². The summed E-state index contributed by atoms with van der Waals surface area (Å²) in [6, 6.07) is 7.78. The molecule has 0 saturated carbocycles. The van der Waals surface area contributed by atoms with Crippen LogP contribution in [0.5, 0.6) is 0 Å². The maximum Gasteiger partial charge on any atom is 0.293 e. The molecule has 1 atom stereocenters. The molecule has 0 aromatic heterocycles. The average molecular weight is 228 g/mol. The van der Waals surface area contributed by atoms with E-state index in [1.54, 1.807) is 0 Å². The van der Waals surface area contributed by atoms with Gasteiger partial charge in [0.1, 0.15) is 6.54 Å². The van der Waals surface area contributed by atoms with Crippen molar-refractivity contribution < 1.29 is 9.53 Å². The Balaban J connectivity index is 2.22. The highest BCUT2D eigenvalue weighted by atomic mass is 16.5. The first-order chi connectivity index (χ1) is 8.22. The van der Waals surface area contributed by atoms with Crippen LogP contribution in [-0.4, -0.2) is 18.5 Å². The summed E-state index contributed by atoms with van der Waals surface area (Å²) in [5.74, 6) is 2.14. The van der Waals surface area contributed by atoms with Crippen LogP contribution in [0.1, 0.15) is 17.2 Å². The van der Waals surface area contributed by atoms with E-state index in [9.17, 15) is 4.79 Å². The summed E-state index contributed by atoms with van der Waals surface area (Å²) in [5, 5.41) is 2.56. The molecule has 2 rings (SSSR count). The van der Waals surface area contributed by atoms with Crippen molar-refractivity contribution in [2.45, 2.75) is 13.0 Å². The minimum atomic E-state index is -0.632. The molecule has 4 heteroatoms. The van der Waals surface area contributed by atoms with E-state index in [0.29, 0.717) is 0 Å². The van der Waals surface area contributed by atoms with Crippen molar-refractivity contribution in [1.29, 1.82) is 0 Å². The first-order valence-corrected chi connectivity index (χ1v) is 5.23. The van der Waals surface area contributed by atoms with Crippen LogP contribution in [0.2, 0.25) is 0 Å². The minimum absolute atomic E-state index is 0.191. The smallest absolute Gasteiger partial charge is 0.293 e. The molecule has 1 aliphatic rings. The number of hydrogen-bond acceptors (Lipinski definition) is 3. The molecule has 1 heterocycles. The Morgan fingerprint density at radius 1 is 1.53 bits per heavy atom. The van der Waals surface area contributed by atoms with E-state index >= 15 is 0 Å². The van der Waals surface area contributed by atoms with Crippen molar-refractivity contribution in [3.63, 3.8) is 0 Å². The number of amides is 1. The van der Waals surface area contributed by atoms with Crippen LogP contribution in [0, 0.1) is 19.3 Å². The topological polar surface area (TPSA) is 50.7 Å². The molecule has 0 aliphatic carbocycles. The Morgan fingerprint density at radius 3 is 3.00 bits per heavy atom. The van der Waals surface area contributed by atoms with Gasteiger partial charge in [0.15, 0.2) is 0 Å². The third kappa shape index (κ3) is 2.28. The van der Waals surface area contributed by atoms with Crippen LogP contribution < -0.4 is 5.32 Å². The Labute approximate surface area is 99.7 Å². The van der Waals surface area contributed by atoms with Gasteiger partial charge in [0.05, 0.1) is 0 Å². The van der Waals surface area contributed by atoms with Gasteiger partial charge in [-0.2, -0.15) is 0 Å². The first kappa shape index (κ1) is 11.2. The van der Waals surface area contributed by atoms with Gasteiger partial charge in [-0.1, -0.05) is 30.2 Å². The van der Waals surface area contributed by atoms with Gasteiger partial charge < -0.3 is 4.74 Å². The van der Waals surface area contributed by atoms with Crippen molar-refractivity contribution in [2.75, 3.05) is 6.54 Å². The summed E-state index contributed by atoms with van der Waals surface area (Å²) in [7, 11) is 0. The van der Waals surface area contributed by atoms with E-state index in [0.717, 1.165) is 11.1 Å². The number of carbonyl (C=O) groups excluding carboxylic acids is 1. The summed E-state index contributed by atoms with van der Waals surface area (Å²) >= 11 is 0. The molecule has 0 radical (unpaired) electrons. The average Bonchev–Trinajstić information content (AvgIpc) is 2.68. The lowest BCUT2D eigenvalue weighted by molar-refractivity contribution is -0.123. The summed E-state index contributed by atoms with van der Waals surface area (Å²) in [6.07, 6.45) is 4.45. The van der Waals surface area contributed by atoms with E-state index in [1.165, 1.54) is 0 Å². The SMILES string of the molecule is C#CCN=C1NC(=O)[C@@H](c2ccccc2C)O1. The van der Waals surface area contributed by atoms with Gasteiger partial charge in [0.25, 0.3) is 11.9 Å². The number of ether oxygens (including phenoxy) is 1. The Morgan fingerprint density at radius 2 is 2.29 bits per heavy atom. The van der Waals surface area contributed by atoms with Gasteiger partial charge in [-0.3, -0.25) is 10.1 Å². The lowest BCUT2D eigenvalue weighted by Gasteiger charge is -2.09. The third-order valence-corrected chi connectivity index (χ3v) is 2.48. The Hall–Kier alpha value is -2.28. The number of rotatable bonds is 2. The van der Waals surface area contributed by atoms with Crippen LogP contribution in [0.4, 0.5) is 0 Å². The Bertz CT molecular complexity index is 514. The maximum atomic E-state index is 11.7. The monoisotopic (exact) mass is 228 g/mol. The van der Waals surface area contributed by atoms with Crippen molar-refractivity contribution >= 4 is 11.9 Å². The largest absolute Gasteiger partial charge is 0.447 e. The molecule has 0 bridgehead atoms. The molecule has 0 spiro atoms. The van der Waals surface area contributed by atoms with E-state index in [1.807, 2.05) is 31.2 Å². The maximum absolute atomic E-state index is 11.7. The van der Waals surface area contributed by atoms with Crippen molar-refractivity contribution in [2.24, 2.45) is 4.99 Å². The molecule has 1 aromatic carbocycles. The van der Waals surface area contributed by atoms with Gasteiger partial charge >= 0.3 is 0 Å². The molecule has 86 valence electrons. The molecule has 1 saturated heterocycles. The molecule has 17 heavy (non-hydrogen) atoms. The highest BCUT2D eigenvalue weighted by molar-refractivity contribution is 6.02. The lowest BCUT2D eigenvalue weighted by Crippen LogP contribution is -2.22. The molecule has 1 aliphatic heterocycles. The lowest BCUT2D eigenvalue weighted by atomic mass is 10.0. The number of nitrogens with one attached hydrogen (secondary N) is 1. The summed E-state index contributed by atoms with van der Waals surface area (Å²) in [5.41, 5.74) is 1.85. The fraction of sp³-hybridized carbons (Fsp3) is 0.231. The van der Waals surface area contributed by atoms with Gasteiger partial charge in [0, 0.05) is 5.56 Å². The standard InChI is InChI=1S/C13H12N2O2/c1-3-8-14-13-15-12(16)11(17-13)10-7-5-4-6-9(10)2/h1,4-7,11H,8H2,2H3,(H,14,15,16)/t11-/m1/s1. The zero-order valence-electron chi connectivity index (χ0n) is 9.43. The Kier molecular flexibility index (Phi) is 3.10. The zero-order chi connectivity index (χ0) is 12.3. The van der Waals surface area contributed by atoms with Crippen LogP contribution in [0.25, 0.3) is 0 Å². The van der Waals surface area contributed by atoms with E-state index in [2.05, 4.69) is 16.2 Å². The summed E-state index contributed by atoms with van der Waals surface area (Å²) < 4.78 is 5.44. The number of carbonyl (C=O) groups is 1. The second-order valence-corrected chi connectivity index (χ2v) is 3.67. The normalized spacial score (nSPS) is 20.8.